The zero-order valence-electron chi connectivity index (χ0n) is 16.4. The van der Waals surface area contributed by atoms with Gasteiger partial charge in [0.2, 0.25) is 0 Å². The van der Waals surface area contributed by atoms with E-state index < -0.39 is 6.03 Å². The Labute approximate surface area is 210 Å². The highest BCUT2D eigenvalue weighted by Gasteiger charge is 2.17. The summed E-state index contributed by atoms with van der Waals surface area (Å²) in [4.78, 5) is 19.5. The Bertz CT molecular complexity index is 1080. The Hall–Kier alpha value is -2.15. The first-order valence-corrected chi connectivity index (χ1v) is 11.1. The molecule has 0 fully saturated rings. The second-order valence-corrected chi connectivity index (χ2v) is 8.52. The predicted octanol–water partition coefficient (Wildman–Crippen LogP) is 8.15. The van der Waals surface area contributed by atoms with Crippen LogP contribution < -0.4 is 5.32 Å². The van der Waals surface area contributed by atoms with Gasteiger partial charge < -0.3 is 10.2 Å². The van der Waals surface area contributed by atoms with E-state index >= 15 is 0 Å². The molecular weight excluding hydrogens is 516 g/mol. The number of oxime groups is 1. The number of hydrogen-bond acceptors (Lipinski definition) is 3. The van der Waals surface area contributed by atoms with Gasteiger partial charge in [-0.05, 0) is 48.5 Å². The summed E-state index contributed by atoms with van der Waals surface area (Å²) in [6, 6.07) is 16.4. The van der Waals surface area contributed by atoms with Crippen LogP contribution in [0.25, 0.3) is 0 Å². The van der Waals surface area contributed by atoms with Crippen LogP contribution in [0.2, 0.25) is 25.1 Å². The number of urea groups is 1. The SMILES string of the molecule is O=C(Nc1ccc(Cl)cc1)N(/C=N/OCc1c(Cl)cccc1Cl)Cc1c(Cl)cccc1Cl. The number of hydrogen-bond donors (Lipinski definition) is 1. The summed E-state index contributed by atoms with van der Waals surface area (Å²) in [6.07, 6.45) is 1.23. The van der Waals surface area contributed by atoms with Crippen molar-refractivity contribution in [2.75, 3.05) is 5.32 Å². The number of amides is 2. The molecule has 0 aliphatic carbocycles. The van der Waals surface area contributed by atoms with Crippen molar-refractivity contribution in [1.82, 2.24) is 4.90 Å². The Morgan fingerprint density at radius 1 is 0.844 bits per heavy atom. The third-order valence-electron chi connectivity index (χ3n) is 4.28. The van der Waals surface area contributed by atoms with Crippen molar-refractivity contribution in [3.63, 3.8) is 0 Å². The van der Waals surface area contributed by atoms with Crippen molar-refractivity contribution in [3.8, 4) is 0 Å². The molecule has 0 aliphatic heterocycles. The van der Waals surface area contributed by atoms with Crippen molar-refractivity contribution in [2.24, 2.45) is 5.16 Å². The molecule has 0 unspecified atom stereocenters. The van der Waals surface area contributed by atoms with Gasteiger partial charge in [0.25, 0.3) is 0 Å². The molecular formula is C22H16Cl5N3O2. The van der Waals surface area contributed by atoms with E-state index in [1.165, 1.54) is 11.2 Å². The van der Waals surface area contributed by atoms with Gasteiger partial charge in [-0.15, -0.1) is 0 Å². The first-order chi connectivity index (χ1) is 15.3. The van der Waals surface area contributed by atoms with Gasteiger partial charge in [0, 0.05) is 41.9 Å². The molecule has 0 radical (unpaired) electrons. The zero-order valence-corrected chi connectivity index (χ0v) is 20.1. The van der Waals surface area contributed by atoms with Gasteiger partial charge in [0.1, 0.15) is 12.9 Å². The molecule has 10 heteroatoms. The van der Waals surface area contributed by atoms with E-state index in [1.807, 2.05) is 0 Å². The number of nitrogens with zero attached hydrogens (tertiary/aromatic N) is 2. The van der Waals surface area contributed by atoms with Gasteiger partial charge in [-0.1, -0.05) is 75.3 Å². The number of carbonyl (C=O) groups is 1. The van der Waals surface area contributed by atoms with Crippen LogP contribution in [0.4, 0.5) is 10.5 Å². The second kappa shape index (κ2) is 11.6. The van der Waals surface area contributed by atoms with Crippen LogP contribution in [0.1, 0.15) is 11.1 Å². The van der Waals surface area contributed by atoms with Crippen LogP contribution in [0.5, 0.6) is 0 Å². The van der Waals surface area contributed by atoms with Crippen LogP contribution in [-0.4, -0.2) is 17.3 Å². The van der Waals surface area contributed by atoms with Crippen LogP contribution in [0, 0.1) is 0 Å². The van der Waals surface area contributed by atoms with Crippen LogP contribution in [0.15, 0.2) is 65.8 Å². The molecule has 0 heterocycles. The highest BCUT2D eigenvalue weighted by atomic mass is 35.5. The fourth-order valence-corrected chi connectivity index (χ4v) is 3.76. The maximum atomic E-state index is 12.9. The van der Waals surface area contributed by atoms with E-state index in [9.17, 15) is 4.79 Å². The maximum Gasteiger partial charge on any atom is 0.327 e. The zero-order chi connectivity index (χ0) is 23.1. The lowest BCUT2D eigenvalue weighted by Gasteiger charge is -2.19. The van der Waals surface area contributed by atoms with Gasteiger partial charge >= 0.3 is 6.03 Å². The molecule has 32 heavy (non-hydrogen) atoms. The van der Waals surface area contributed by atoms with Crippen molar-refractivity contribution in [3.05, 3.63) is 96.9 Å². The smallest absolute Gasteiger partial charge is 0.327 e. The summed E-state index contributed by atoms with van der Waals surface area (Å²) in [7, 11) is 0. The molecule has 3 rings (SSSR count). The lowest BCUT2D eigenvalue weighted by Crippen LogP contribution is -2.33. The topological polar surface area (TPSA) is 53.9 Å². The van der Waals surface area contributed by atoms with Crippen LogP contribution in [0.3, 0.4) is 0 Å². The average Bonchev–Trinajstić information content (AvgIpc) is 2.75. The highest BCUT2D eigenvalue weighted by Crippen LogP contribution is 2.27. The lowest BCUT2D eigenvalue weighted by atomic mass is 10.2. The Morgan fingerprint density at radius 3 is 1.94 bits per heavy atom. The molecule has 3 aromatic carbocycles. The summed E-state index contributed by atoms with van der Waals surface area (Å²) >= 11 is 30.7. The van der Waals surface area contributed by atoms with Gasteiger partial charge in [-0.2, -0.15) is 0 Å². The molecule has 0 aliphatic rings. The maximum absolute atomic E-state index is 12.9. The van der Waals surface area contributed by atoms with Gasteiger partial charge in [0.15, 0.2) is 0 Å². The third-order valence-corrected chi connectivity index (χ3v) is 5.95. The van der Waals surface area contributed by atoms with Gasteiger partial charge in [0.05, 0.1) is 6.54 Å². The molecule has 0 atom stereocenters. The number of benzene rings is 3. The molecule has 2 amide bonds. The standard InChI is InChI=1S/C22H16Cl5N3O2/c23-14-7-9-15(10-8-14)29-22(31)30(11-16-18(24)3-1-4-19(16)25)13-28-32-12-17-20(26)5-2-6-21(17)27/h1-10,13H,11-12H2,(H,29,31)/b28-13+. The Morgan fingerprint density at radius 2 is 1.38 bits per heavy atom. The quantitative estimate of drug-likeness (QED) is 0.190. The number of anilines is 1. The minimum absolute atomic E-state index is 0.0223. The van der Waals surface area contributed by atoms with Gasteiger partial charge in [-0.3, -0.25) is 4.90 Å². The minimum Gasteiger partial charge on any atom is -0.390 e. The van der Waals surface area contributed by atoms with E-state index in [-0.39, 0.29) is 13.2 Å². The molecule has 3 aromatic rings. The van der Waals surface area contributed by atoms with Crippen LogP contribution in [-0.2, 0) is 18.0 Å². The Kier molecular flexibility index (Phi) is 8.91. The molecule has 0 bridgehead atoms. The van der Waals surface area contributed by atoms with E-state index in [0.717, 1.165) is 0 Å². The fraction of sp³-hybridized carbons (Fsp3) is 0.0909. The summed E-state index contributed by atoms with van der Waals surface area (Å²) in [5, 5.41) is 8.94. The normalized spacial score (nSPS) is 10.9. The number of rotatable bonds is 7. The summed E-state index contributed by atoms with van der Waals surface area (Å²) in [5.74, 6) is 0. The number of carbonyl (C=O) groups excluding carboxylic acids is 1. The summed E-state index contributed by atoms with van der Waals surface area (Å²) in [5.41, 5.74) is 1.69. The van der Waals surface area contributed by atoms with Crippen molar-refractivity contribution in [2.45, 2.75) is 13.2 Å². The van der Waals surface area contributed by atoms with Crippen LogP contribution >= 0.6 is 58.0 Å². The summed E-state index contributed by atoms with van der Waals surface area (Å²) < 4.78 is 0. The highest BCUT2D eigenvalue weighted by molar-refractivity contribution is 6.36. The number of nitrogens with one attached hydrogen (secondary N) is 1. The molecule has 0 aromatic heterocycles. The lowest BCUT2D eigenvalue weighted by molar-refractivity contribution is 0.128. The number of halogens is 5. The molecule has 0 saturated carbocycles. The Balaban J connectivity index is 1.77. The monoisotopic (exact) mass is 529 g/mol. The minimum atomic E-state index is -0.480. The average molecular weight is 532 g/mol. The molecule has 0 saturated heterocycles. The molecule has 1 N–H and O–H groups in total. The van der Waals surface area contributed by atoms with Gasteiger partial charge in [-0.25, -0.2) is 4.79 Å². The van der Waals surface area contributed by atoms with E-state index in [4.69, 9.17) is 62.8 Å². The van der Waals surface area contributed by atoms with E-state index in [1.54, 1.807) is 60.7 Å². The van der Waals surface area contributed by atoms with Crippen molar-refractivity contribution >= 4 is 76.1 Å². The van der Waals surface area contributed by atoms with Crippen molar-refractivity contribution in [1.29, 1.82) is 0 Å². The third kappa shape index (κ3) is 6.67. The van der Waals surface area contributed by atoms with E-state index in [0.29, 0.717) is 41.9 Å². The molecule has 166 valence electrons. The molecule has 5 nitrogen and oxygen atoms in total. The fourth-order valence-electron chi connectivity index (χ4n) is 2.61. The second-order valence-electron chi connectivity index (χ2n) is 6.46. The first-order valence-electron chi connectivity index (χ1n) is 9.19. The van der Waals surface area contributed by atoms with Crippen molar-refractivity contribution < 1.29 is 9.63 Å². The van der Waals surface area contributed by atoms with E-state index in [2.05, 4.69) is 10.5 Å². The summed E-state index contributed by atoms with van der Waals surface area (Å²) in [6.45, 7) is 0.0755. The molecule has 0 spiro atoms. The first kappa shape index (κ1) is 24.5. The predicted molar refractivity (Wildman–Crippen MR) is 132 cm³/mol. The largest absolute Gasteiger partial charge is 0.390 e.